The number of hydrogen-bond donors (Lipinski definition) is 0. The molecule has 166 valence electrons. The molecule has 2 aliphatic heterocycles. The van der Waals surface area contributed by atoms with E-state index in [2.05, 4.69) is 67.3 Å². The summed E-state index contributed by atoms with van der Waals surface area (Å²) in [6, 6.07) is 15.7. The van der Waals surface area contributed by atoms with E-state index < -0.39 is 0 Å². The van der Waals surface area contributed by atoms with Gasteiger partial charge in [-0.3, -0.25) is 0 Å². The van der Waals surface area contributed by atoms with Gasteiger partial charge in [0.1, 0.15) is 5.82 Å². The summed E-state index contributed by atoms with van der Waals surface area (Å²) < 4.78 is 11.7. The summed E-state index contributed by atoms with van der Waals surface area (Å²) in [6.07, 6.45) is 9.22. The monoisotopic (exact) mass is 420 g/mol. The van der Waals surface area contributed by atoms with Gasteiger partial charge in [0, 0.05) is 18.7 Å². The van der Waals surface area contributed by atoms with Crippen LogP contribution in [0.4, 0.5) is 5.82 Å². The molecule has 4 nitrogen and oxygen atoms in total. The second-order valence-electron chi connectivity index (χ2n) is 9.20. The lowest BCUT2D eigenvalue weighted by molar-refractivity contribution is 0.161. The van der Waals surface area contributed by atoms with Gasteiger partial charge in [0.2, 0.25) is 5.88 Å². The summed E-state index contributed by atoms with van der Waals surface area (Å²) in [5, 5.41) is 0. The molecular formula is C27H36N2O2. The molecule has 1 unspecified atom stereocenters. The van der Waals surface area contributed by atoms with Gasteiger partial charge in [-0.25, -0.2) is 0 Å². The first-order chi connectivity index (χ1) is 15.2. The fourth-order valence-corrected chi connectivity index (χ4v) is 4.52. The van der Waals surface area contributed by atoms with Crippen LogP contribution in [0.3, 0.4) is 0 Å². The molecule has 4 rings (SSSR count). The summed E-state index contributed by atoms with van der Waals surface area (Å²) in [6.45, 7) is 7.57. The van der Waals surface area contributed by atoms with Crippen molar-refractivity contribution in [2.24, 2.45) is 5.92 Å². The van der Waals surface area contributed by atoms with E-state index in [9.17, 15) is 0 Å². The van der Waals surface area contributed by atoms with Gasteiger partial charge in [-0.1, -0.05) is 63.1 Å². The molecule has 1 aromatic carbocycles. The lowest BCUT2D eigenvalue weighted by Crippen LogP contribution is -2.37. The van der Waals surface area contributed by atoms with Crippen LogP contribution in [0, 0.1) is 5.92 Å². The van der Waals surface area contributed by atoms with Crippen molar-refractivity contribution in [3.63, 3.8) is 0 Å². The topological polar surface area (TPSA) is 34.6 Å². The highest BCUT2D eigenvalue weighted by molar-refractivity contribution is 5.69. The third-order valence-electron chi connectivity index (χ3n) is 6.17. The maximum Gasteiger partial charge on any atom is 0.215 e. The third kappa shape index (κ3) is 6.10. The van der Waals surface area contributed by atoms with Crippen LogP contribution in [0.2, 0.25) is 0 Å². The van der Waals surface area contributed by atoms with Gasteiger partial charge in [-0.2, -0.15) is 4.98 Å². The standard InChI is InChI=1S/C27H36N2O2/c1-21(2)20-31-27-19-24(23-12-15-30-16-13-23)18-26(28-27)29-14-8-4-7-11-25(29)17-22-9-5-3-6-10-22/h3,5-6,9-10,12,18-19,21,25H,4,7-8,11,13-17,20H2,1-2H3. The second-order valence-corrected chi connectivity index (χ2v) is 9.20. The van der Waals surface area contributed by atoms with E-state index in [1.54, 1.807) is 0 Å². The minimum absolute atomic E-state index is 0.467. The summed E-state index contributed by atoms with van der Waals surface area (Å²) in [7, 11) is 0. The Morgan fingerprint density at radius 2 is 2.00 bits per heavy atom. The number of hydrogen-bond acceptors (Lipinski definition) is 4. The van der Waals surface area contributed by atoms with Crippen LogP contribution in [0.25, 0.3) is 5.57 Å². The fourth-order valence-electron chi connectivity index (χ4n) is 4.52. The third-order valence-corrected chi connectivity index (χ3v) is 6.17. The molecule has 0 saturated carbocycles. The van der Waals surface area contributed by atoms with E-state index in [1.165, 1.54) is 42.4 Å². The average molecular weight is 421 g/mol. The molecule has 1 saturated heterocycles. The van der Waals surface area contributed by atoms with Gasteiger partial charge in [0.25, 0.3) is 0 Å². The molecule has 0 aliphatic carbocycles. The van der Waals surface area contributed by atoms with Crippen molar-refractivity contribution in [2.45, 2.75) is 58.4 Å². The highest BCUT2D eigenvalue weighted by Gasteiger charge is 2.24. The fraction of sp³-hybridized carbons (Fsp3) is 0.519. The Bertz CT molecular complexity index is 863. The number of nitrogens with zero attached hydrogens (tertiary/aromatic N) is 2. The Morgan fingerprint density at radius 1 is 1.13 bits per heavy atom. The van der Waals surface area contributed by atoms with Crippen LogP contribution in [0.15, 0.2) is 48.5 Å². The summed E-state index contributed by atoms with van der Waals surface area (Å²) in [5.74, 6) is 2.28. The maximum atomic E-state index is 6.12. The maximum absolute atomic E-state index is 6.12. The molecule has 1 aromatic heterocycles. The van der Waals surface area contributed by atoms with Gasteiger partial charge in [-0.15, -0.1) is 0 Å². The van der Waals surface area contributed by atoms with Crippen LogP contribution in [-0.2, 0) is 11.2 Å². The van der Waals surface area contributed by atoms with E-state index in [-0.39, 0.29) is 0 Å². The molecule has 0 amide bonds. The molecule has 2 aromatic rings. The predicted octanol–water partition coefficient (Wildman–Crippen LogP) is 5.91. The first-order valence-corrected chi connectivity index (χ1v) is 11.9. The highest BCUT2D eigenvalue weighted by atomic mass is 16.5. The summed E-state index contributed by atoms with van der Waals surface area (Å²) in [5.41, 5.74) is 3.98. The second kappa shape index (κ2) is 10.8. The number of pyridine rings is 1. The number of rotatable bonds is 7. The van der Waals surface area contributed by atoms with Gasteiger partial charge in [0.05, 0.1) is 19.8 Å². The van der Waals surface area contributed by atoms with Crippen LogP contribution in [0.5, 0.6) is 5.88 Å². The van der Waals surface area contributed by atoms with Gasteiger partial charge >= 0.3 is 0 Å². The molecule has 3 heterocycles. The smallest absolute Gasteiger partial charge is 0.215 e. The number of benzene rings is 1. The summed E-state index contributed by atoms with van der Waals surface area (Å²) >= 11 is 0. The summed E-state index contributed by atoms with van der Waals surface area (Å²) in [4.78, 5) is 7.55. The van der Waals surface area contributed by atoms with E-state index >= 15 is 0 Å². The van der Waals surface area contributed by atoms with Crippen LogP contribution < -0.4 is 9.64 Å². The van der Waals surface area contributed by atoms with Crippen LogP contribution in [-0.4, -0.2) is 37.4 Å². The lowest BCUT2D eigenvalue weighted by Gasteiger charge is -2.32. The first kappa shape index (κ1) is 21.9. The van der Waals surface area contributed by atoms with Crippen molar-refractivity contribution < 1.29 is 9.47 Å². The molecule has 4 heteroatoms. The number of ether oxygens (including phenoxy) is 2. The van der Waals surface area contributed by atoms with Gasteiger partial charge < -0.3 is 14.4 Å². The Morgan fingerprint density at radius 3 is 2.77 bits per heavy atom. The molecule has 31 heavy (non-hydrogen) atoms. The van der Waals surface area contributed by atoms with Crippen molar-refractivity contribution in [3.05, 3.63) is 59.7 Å². The van der Waals surface area contributed by atoms with Crippen LogP contribution >= 0.6 is 0 Å². The number of aromatic nitrogens is 1. The van der Waals surface area contributed by atoms with Crippen molar-refractivity contribution in [3.8, 4) is 5.88 Å². The van der Waals surface area contributed by atoms with E-state index in [0.717, 1.165) is 37.7 Å². The largest absolute Gasteiger partial charge is 0.477 e. The molecule has 2 aliphatic rings. The normalized spacial score (nSPS) is 19.8. The van der Waals surface area contributed by atoms with E-state index in [1.807, 2.05) is 0 Å². The minimum atomic E-state index is 0.467. The molecule has 0 radical (unpaired) electrons. The Balaban J connectivity index is 1.66. The molecule has 1 fully saturated rings. The van der Waals surface area contributed by atoms with E-state index in [0.29, 0.717) is 25.2 Å². The first-order valence-electron chi connectivity index (χ1n) is 11.9. The van der Waals surface area contributed by atoms with Crippen molar-refractivity contribution in [1.29, 1.82) is 0 Å². The Labute approximate surface area is 187 Å². The van der Waals surface area contributed by atoms with E-state index in [4.69, 9.17) is 14.5 Å². The van der Waals surface area contributed by atoms with Gasteiger partial charge in [-0.05, 0) is 54.4 Å². The van der Waals surface area contributed by atoms with Crippen molar-refractivity contribution >= 4 is 11.4 Å². The number of anilines is 1. The quantitative estimate of drug-likeness (QED) is 0.557. The molecular weight excluding hydrogens is 384 g/mol. The molecule has 0 bridgehead atoms. The zero-order valence-electron chi connectivity index (χ0n) is 19.1. The highest BCUT2D eigenvalue weighted by Crippen LogP contribution is 2.31. The Kier molecular flexibility index (Phi) is 7.63. The molecule has 0 spiro atoms. The molecule has 1 atom stereocenters. The predicted molar refractivity (Wildman–Crippen MR) is 128 cm³/mol. The van der Waals surface area contributed by atoms with Crippen molar-refractivity contribution in [1.82, 2.24) is 4.98 Å². The average Bonchev–Trinajstić information content (AvgIpc) is 3.04. The minimum Gasteiger partial charge on any atom is -0.477 e. The van der Waals surface area contributed by atoms with Crippen LogP contribution in [0.1, 0.15) is 57.1 Å². The lowest BCUT2D eigenvalue weighted by atomic mass is 9.99. The van der Waals surface area contributed by atoms with Gasteiger partial charge in [0.15, 0.2) is 0 Å². The zero-order valence-corrected chi connectivity index (χ0v) is 19.1. The van der Waals surface area contributed by atoms with Crippen molar-refractivity contribution in [2.75, 3.05) is 31.3 Å². The SMILES string of the molecule is CC(C)COc1cc(C2=CCOCC2)cc(N2CCCCCC2Cc2ccccc2)n1. The Hall–Kier alpha value is -2.33. The zero-order chi connectivity index (χ0) is 21.5. The molecule has 0 N–H and O–H groups in total.